The first-order valence-electron chi connectivity index (χ1n) is 29.4. The second-order valence-corrected chi connectivity index (χ2v) is 42.8. The average molecular weight is 1300 g/mol. The number of fused-ring (bicyclic) bond motifs is 14. The molecule has 10 aromatic carbocycles. The van der Waals surface area contributed by atoms with Crippen molar-refractivity contribution in [1.29, 1.82) is 0 Å². The van der Waals surface area contributed by atoms with Crippen LogP contribution in [0.15, 0.2) is 225 Å². The minimum atomic E-state index is -4.80. The van der Waals surface area contributed by atoms with Gasteiger partial charge in [-0.05, 0) is 152 Å². The summed E-state index contributed by atoms with van der Waals surface area (Å²) in [5.41, 5.74) is 2.89. The molecule has 0 amide bonds. The molecule has 0 bridgehead atoms. The van der Waals surface area contributed by atoms with Crippen LogP contribution in [0.3, 0.4) is 0 Å². The number of benzene rings is 10. The number of nitrogens with zero attached hydrogens (tertiary/aromatic N) is 2. The fourth-order valence-electron chi connectivity index (χ4n) is 11.0. The third kappa shape index (κ3) is 10.7. The van der Waals surface area contributed by atoms with Crippen LogP contribution < -0.4 is 7.42 Å². The summed E-state index contributed by atoms with van der Waals surface area (Å²) in [5, 5.41) is 5.00. The summed E-state index contributed by atoms with van der Waals surface area (Å²) in [4.78, 5) is -0.599. The van der Waals surface area contributed by atoms with Crippen molar-refractivity contribution in [2.75, 3.05) is 20.6 Å². The standard InChI is InChI=1S/C72H66N2O10S4Si2/c1-71(2,3)89(7,8)83-47-55(33-27-49-29-39-57(40-30-49)73-85(75,76)63-43-35-51-19-11-15-23-59(51)67(63)68-60-24-16-12-20-52(60)36-44-64(68)86(73,77)78)56(48-84-90(9,10)72(4,5)6)34-28-50-31-41-58(42-32-50)74-87(79,80)65-45-37-53-21-13-17-25-61(53)69(65)70-62-26-18-14-22-54(62)38-46-66(70)88(74,81)82/h11-26,29-32,35-46H,47-48H2,1-10H3/b56-55+. The molecule has 0 spiro atoms. The molecule has 0 atom stereocenters. The highest BCUT2D eigenvalue weighted by Crippen LogP contribution is 2.51. The molecule has 2 aliphatic rings. The van der Waals surface area contributed by atoms with Gasteiger partial charge in [0.25, 0.3) is 40.1 Å². The van der Waals surface area contributed by atoms with Crippen LogP contribution in [0.2, 0.25) is 36.3 Å². The molecule has 0 saturated heterocycles. The Morgan fingerprint density at radius 2 is 0.600 bits per heavy atom. The molecule has 0 aliphatic carbocycles. The Labute approximate surface area is 530 Å². The van der Waals surface area contributed by atoms with E-state index in [1.54, 1.807) is 72.8 Å². The van der Waals surface area contributed by atoms with Gasteiger partial charge >= 0.3 is 0 Å². The predicted octanol–water partition coefficient (Wildman–Crippen LogP) is 16.2. The smallest absolute Gasteiger partial charge is 0.278 e. The van der Waals surface area contributed by atoms with Gasteiger partial charge < -0.3 is 8.85 Å². The van der Waals surface area contributed by atoms with Crippen LogP contribution in [0.5, 0.6) is 0 Å². The topological polar surface area (TPSA) is 161 Å². The highest BCUT2D eigenvalue weighted by atomic mass is 32.3. The van der Waals surface area contributed by atoms with Gasteiger partial charge in [0, 0.05) is 44.5 Å². The Morgan fingerprint density at radius 1 is 0.356 bits per heavy atom. The van der Waals surface area contributed by atoms with Crippen LogP contribution in [-0.4, -0.2) is 63.5 Å². The molecule has 0 unspecified atom stereocenters. The number of rotatable bonds is 8. The molecule has 0 radical (unpaired) electrons. The highest BCUT2D eigenvalue weighted by molar-refractivity contribution is 8.11. The monoisotopic (exact) mass is 1300 g/mol. The van der Waals surface area contributed by atoms with Crippen LogP contribution in [0.4, 0.5) is 11.4 Å². The van der Waals surface area contributed by atoms with Gasteiger partial charge in [-0.2, -0.15) is 41.1 Å². The average Bonchev–Trinajstić information content (AvgIpc) is 1.54. The van der Waals surface area contributed by atoms with Gasteiger partial charge in [-0.25, -0.2) is 0 Å². The Balaban J connectivity index is 0.957. The van der Waals surface area contributed by atoms with Crippen LogP contribution in [0.1, 0.15) is 52.7 Å². The molecule has 0 aromatic heterocycles. The Kier molecular flexibility index (Phi) is 15.4. The molecule has 2 aliphatic heterocycles. The van der Waals surface area contributed by atoms with E-state index in [1.165, 1.54) is 48.5 Å². The zero-order valence-corrected chi connectivity index (χ0v) is 56.8. The van der Waals surface area contributed by atoms with E-state index in [4.69, 9.17) is 8.85 Å². The zero-order chi connectivity index (χ0) is 64.1. The fraction of sp³-hybridized carbons (Fsp3) is 0.194. The largest absolute Gasteiger partial charge is 0.412 e. The minimum Gasteiger partial charge on any atom is -0.412 e. The number of sulfonamides is 4. The van der Waals surface area contributed by atoms with E-state index in [2.05, 4.69) is 91.4 Å². The zero-order valence-electron chi connectivity index (χ0n) is 51.5. The van der Waals surface area contributed by atoms with Crippen LogP contribution in [0, 0.1) is 23.7 Å². The lowest BCUT2D eigenvalue weighted by atomic mass is 9.94. The van der Waals surface area contributed by atoms with Gasteiger partial charge in [0.1, 0.15) is 0 Å². The van der Waals surface area contributed by atoms with E-state index in [1.807, 2.05) is 72.8 Å². The summed E-state index contributed by atoms with van der Waals surface area (Å²) in [7, 11) is -24.1. The molecule has 12 nitrogen and oxygen atoms in total. The summed E-state index contributed by atoms with van der Waals surface area (Å²) in [6.07, 6.45) is 0. The Morgan fingerprint density at radius 3 is 0.844 bits per heavy atom. The molecule has 0 saturated carbocycles. The lowest BCUT2D eigenvalue weighted by molar-refractivity contribution is 0.308. The molecular weight excluding hydrogens is 1240 g/mol. The summed E-state index contributed by atoms with van der Waals surface area (Å²) >= 11 is 0. The molecule has 12 rings (SSSR count). The third-order valence-electron chi connectivity index (χ3n) is 18.1. The maximum atomic E-state index is 15.2. The van der Waals surface area contributed by atoms with Gasteiger partial charge in [0.15, 0.2) is 16.6 Å². The van der Waals surface area contributed by atoms with Crippen molar-refractivity contribution in [1.82, 2.24) is 0 Å². The van der Waals surface area contributed by atoms with Gasteiger partial charge in [-0.1, -0.05) is 187 Å². The normalized spacial score (nSPS) is 16.1. The predicted molar refractivity (Wildman–Crippen MR) is 367 cm³/mol. The van der Waals surface area contributed by atoms with Crippen LogP contribution >= 0.6 is 0 Å². The van der Waals surface area contributed by atoms with Gasteiger partial charge in [0.05, 0.1) is 44.2 Å². The van der Waals surface area contributed by atoms with Gasteiger partial charge in [-0.15, -0.1) is 0 Å². The first kappa shape index (κ1) is 62.1. The van der Waals surface area contributed by atoms with Crippen molar-refractivity contribution in [3.63, 3.8) is 0 Å². The van der Waals surface area contributed by atoms with E-state index in [9.17, 15) is 0 Å². The molecule has 90 heavy (non-hydrogen) atoms. The van der Waals surface area contributed by atoms with E-state index >= 15 is 33.7 Å². The SMILES string of the molecule is CC(C)(C)[Si](C)(C)OC/C(C#Cc1ccc(N2S(=O)(=O)c3ccc4ccccc4c3-c3c(ccc4ccccc34)S2(=O)=O)cc1)=C(\C#Cc1ccc(N2S(=O)(=O)c3ccc4ccccc4c3-c3c(ccc4ccccc34)S2(=O)=O)cc1)CO[Si](C)(C)C(C)(C)C. The van der Waals surface area contributed by atoms with Crippen molar-refractivity contribution in [2.45, 2.75) is 97.4 Å². The number of anilines is 2. The maximum Gasteiger partial charge on any atom is 0.278 e. The lowest BCUT2D eigenvalue weighted by Crippen LogP contribution is -2.42. The fourth-order valence-corrected chi connectivity index (χ4v) is 21.1. The van der Waals surface area contributed by atoms with Crippen molar-refractivity contribution >= 4 is 111 Å². The van der Waals surface area contributed by atoms with Gasteiger partial charge in [-0.3, -0.25) is 0 Å². The molecule has 456 valence electrons. The van der Waals surface area contributed by atoms with Gasteiger partial charge in [0.2, 0.25) is 0 Å². The second-order valence-electron chi connectivity index (χ2n) is 25.7. The molecule has 0 fully saturated rings. The van der Waals surface area contributed by atoms with Crippen LogP contribution in [0.25, 0.3) is 65.3 Å². The highest BCUT2D eigenvalue weighted by Gasteiger charge is 2.46. The van der Waals surface area contributed by atoms with E-state index in [0.29, 0.717) is 73.5 Å². The first-order valence-corrected chi connectivity index (χ1v) is 40.9. The molecule has 2 heterocycles. The summed E-state index contributed by atoms with van der Waals surface area (Å²) in [5.74, 6) is 13.2. The Hall–Kier alpha value is -8.15. The first-order chi connectivity index (χ1) is 42.4. The molecular formula is C72H66N2O10S4Si2. The van der Waals surface area contributed by atoms with Crippen molar-refractivity contribution in [2.24, 2.45) is 0 Å². The molecule has 10 aromatic rings. The number of hydrogen-bond acceptors (Lipinski definition) is 10. The van der Waals surface area contributed by atoms with Crippen molar-refractivity contribution in [3.8, 4) is 45.9 Å². The molecule has 18 heteroatoms. The maximum absolute atomic E-state index is 15.2. The third-order valence-corrected chi connectivity index (χ3v) is 35.5. The lowest BCUT2D eigenvalue weighted by Gasteiger charge is -2.37. The van der Waals surface area contributed by atoms with Crippen molar-refractivity contribution in [3.05, 3.63) is 216 Å². The minimum absolute atomic E-state index is 0.0516. The van der Waals surface area contributed by atoms with Crippen LogP contribution in [-0.2, 0) is 48.9 Å². The number of hydrogen-bond donors (Lipinski definition) is 0. The summed E-state index contributed by atoms with van der Waals surface area (Å²) < 4.78 is 136. The van der Waals surface area contributed by atoms with E-state index < -0.39 is 56.7 Å². The summed E-state index contributed by atoms with van der Waals surface area (Å²) in [6.45, 7) is 21.5. The van der Waals surface area contributed by atoms with E-state index in [-0.39, 0.29) is 54.2 Å². The molecule has 0 N–H and O–H groups in total. The van der Waals surface area contributed by atoms with E-state index in [0.717, 1.165) is 21.5 Å². The van der Waals surface area contributed by atoms with Crippen molar-refractivity contribution < 1.29 is 42.5 Å². The summed E-state index contributed by atoms with van der Waals surface area (Å²) in [6, 6.07) is 54.1. The Bertz CT molecular complexity index is 4740. The second kappa shape index (κ2) is 22.4. The quantitative estimate of drug-likeness (QED) is 0.106.